The molecule has 0 spiro atoms. The van der Waals surface area contributed by atoms with Crippen LogP contribution < -0.4 is 10.6 Å². The standard InChI is InChI=1S/C28H46N2O20/c1-9(33)29-16-12(36)5-28(27(42)43,49-22(16)18(38)13(37)8-45-11(3)35)50-24-19(39)14(6-31)47-26(20(24)40)48-21-15(7-32)46-25(41)17(23(21)44-4)30-10(2)34/h12-26,31-32,36-41H,5-8H2,1-4H3,(H,29,33)(H,30,34)(H,42,43)/t12-,13+,14+,15+,16+,17+,18+,19-,20+,21+,22+,23+,24-,25+,26-,28-/m0/s1. The first-order valence-corrected chi connectivity index (χ1v) is 15.5. The Labute approximate surface area is 284 Å². The Morgan fingerprint density at radius 3 is 1.98 bits per heavy atom. The second kappa shape index (κ2) is 17.7. The summed E-state index contributed by atoms with van der Waals surface area (Å²) < 4.78 is 38.2. The fraction of sp³-hybridized carbons (Fsp3) is 0.857. The summed E-state index contributed by atoms with van der Waals surface area (Å²) in [4.78, 5) is 47.8. The van der Waals surface area contributed by atoms with Crippen molar-refractivity contribution in [1.82, 2.24) is 10.6 Å². The second-order valence-electron chi connectivity index (χ2n) is 12.1. The van der Waals surface area contributed by atoms with Crippen LogP contribution in [0.4, 0.5) is 0 Å². The Hall–Kier alpha value is -2.68. The lowest BCUT2D eigenvalue weighted by atomic mass is 9.88. The molecule has 22 nitrogen and oxygen atoms in total. The molecule has 16 atom stereocenters. The van der Waals surface area contributed by atoms with E-state index in [1.807, 2.05) is 0 Å². The van der Waals surface area contributed by atoms with Gasteiger partial charge in [-0.2, -0.15) is 0 Å². The molecule has 0 radical (unpaired) electrons. The van der Waals surface area contributed by atoms with E-state index >= 15 is 0 Å². The summed E-state index contributed by atoms with van der Waals surface area (Å²) in [6.45, 7) is 0.627. The number of amides is 2. The third kappa shape index (κ3) is 9.40. The largest absolute Gasteiger partial charge is 0.477 e. The van der Waals surface area contributed by atoms with E-state index in [2.05, 4.69) is 15.4 Å². The molecule has 3 aliphatic heterocycles. The van der Waals surface area contributed by atoms with Gasteiger partial charge in [-0.25, -0.2) is 4.79 Å². The Kier molecular flexibility index (Phi) is 14.8. The van der Waals surface area contributed by atoms with Gasteiger partial charge in [-0.05, 0) is 0 Å². The molecule has 0 aromatic heterocycles. The van der Waals surface area contributed by atoms with Crippen molar-refractivity contribution in [3.05, 3.63) is 0 Å². The maximum absolute atomic E-state index is 12.8. The van der Waals surface area contributed by atoms with Gasteiger partial charge in [-0.3, -0.25) is 14.4 Å². The number of aliphatic hydroxyl groups excluding tert-OH is 8. The molecule has 3 aliphatic rings. The quantitative estimate of drug-likeness (QED) is 0.0740. The van der Waals surface area contributed by atoms with Crippen molar-refractivity contribution in [2.24, 2.45) is 0 Å². The third-order valence-corrected chi connectivity index (χ3v) is 8.38. The van der Waals surface area contributed by atoms with Crippen LogP contribution in [0.25, 0.3) is 0 Å². The zero-order valence-electron chi connectivity index (χ0n) is 27.5. The van der Waals surface area contributed by atoms with E-state index in [1.165, 1.54) is 7.11 Å². The molecule has 3 fully saturated rings. The molecule has 0 aromatic carbocycles. The number of rotatable bonds is 14. The number of ether oxygens (including phenoxy) is 7. The summed E-state index contributed by atoms with van der Waals surface area (Å²) in [5.74, 6) is -7.23. The van der Waals surface area contributed by atoms with E-state index in [1.54, 1.807) is 0 Å². The van der Waals surface area contributed by atoms with Crippen molar-refractivity contribution in [3.63, 3.8) is 0 Å². The molecule has 0 saturated carbocycles. The Bertz CT molecular complexity index is 1180. The van der Waals surface area contributed by atoms with E-state index in [9.17, 15) is 65.1 Å². The molecule has 0 bridgehead atoms. The SMILES string of the molecule is CO[C@@H]1[C@@H](NC(C)=O)[C@H](O)O[C@H](CO)[C@H]1O[C@@H]1O[C@H](CO)[C@H](O)[C@H](O[C@]2(C(=O)O)C[C@H](O)[C@@H](NC(C)=O)[C@H]([C@H](O)[C@H](O)COC(C)=O)O2)[C@H]1O. The van der Waals surface area contributed by atoms with Crippen molar-refractivity contribution in [1.29, 1.82) is 0 Å². The minimum atomic E-state index is -3.05. The second-order valence-corrected chi connectivity index (χ2v) is 12.1. The first-order chi connectivity index (χ1) is 23.4. The molecule has 11 N–H and O–H groups in total. The van der Waals surface area contributed by atoms with Gasteiger partial charge in [0, 0.05) is 34.3 Å². The molecule has 0 unspecified atom stereocenters. The maximum atomic E-state index is 12.8. The number of carbonyl (C=O) groups excluding carboxylic acids is 3. The smallest absolute Gasteiger partial charge is 0.364 e. The lowest BCUT2D eigenvalue weighted by molar-refractivity contribution is -0.382. The van der Waals surface area contributed by atoms with Gasteiger partial charge in [-0.15, -0.1) is 0 Å². The molecular weight excluding hydrogens is 684 g/mol. The highest BCUT2D eigenvalue weighted by atomic mass is 16.8. The number of carboxylic acid groups (broad SMARTS) is 1. The molecule has 0 aromatic rings. The average molecular weight is 731 g/mol. The van der Waals surface area contributed by atoms with Crippen LogP contribution in [0.3, 0.4) is 0 Å². The number of carbonyl (C=O) groups is 4. The van der Waals surface area contributed by atoms with Crippen molar-refractivity contribution in [2.75, 3.05) is 26.9 Å². The Morgan fingerprint density at radius 2 is 1.46 bits per heavy atom. The molecule has 2 amide bonds. The summed E-state index contributed by atoms with van der Waals surface area (Å²) in [5.41, 5.74) is 0. The van der Waals surface area contributed by atoms with Crippen molar-refractivity contribution in [3.8, 4) is 0 Å². The van der Waals surface area contributed by atoms with Crippen LogP contribution in [0.5, 0.6) is 0 Å². The first-order valence-electron chi connectivity index (χ1n) is 15.5. The van der Waals surface area contributed by atoms with Crippen LogP contribution >= 0.6 is 0 Å². The van der Waals surface area contributed by atoms with Crippen molar-refractivity contribution < 1.29 is 98.3 Å². The van der Waals surface area contributed by atoms with Crippen LogP contribution in [0.1, 0.15) is 27.2 Å². The van der Waals surface area contributed by atoms with Gasteiger partial charge in [0.15, 0.2) is 12.6 Å². The molecule has 3 rings (SSSR count). The number of aliphatic hydroxyl groups is 8. The third-order valence-electron chi connectivity index (χ3n) is 8.38. The number of hydrogen-bond donors (Lipinski definition) is 11. The summed E-state index contributed by atoms with van der Waals surface area (Å²) in [7, 11) is 1.18. The molecule has 288 valence electrons. The lowest BCUT2D eigenvalue weighted by Gasteiger charge is -2.51. The minimum absolute atomic E-state index is 0.608. The minimum Gasteiger partial charge on any atom is -0.477 e. The van der Waals surface area contributed by atoms with Crippen molar-refractivity contribution in [2.45, 2.75) is 125 Å². The maximum Gasteiger partial charge on any atom is 0.364 e. The summed E-state index contributed by atoms with van der Waals surface area (Å²) in [5, 5.41) is 100. The van der Waals surface area contributed by atoms with Gasteiger partial charge in [0.25, 0.3) is 5.79 Å². The van der Waals surface area contributed by atoms with E-state index in [0.29, 0.717) is 0 Å². The highest BCUT2D eigenvalue weighted by Crippen LogP contribution is 2.38. The van der Waals surface area contributed by atoms with Gasteiger partial charge < -0.3 is 89.8 Å². The monoisotopic (exact) mass is 730 g/mol. The van der Waals surface area contributed by atoms with Gasteiger partial charge in [0.1, 0.15) is 73.7 Å². The van der Waals surface area contributed by atoms with Crippen LogP contribution in [-0.2, 0) is 52.3 Å². The van der Waals surface area contributed by atoms with E-state index < -0.39 is 148 Å². The molecule has 3 saturated heterocycles. The summed E-state index contributed by atoms with van der Waals surface area (Å²) in [6.07, 6.45) is -24.6. The number of carboxylic acids is 1. The van der Waals surface area contributed by atoms with Crippen molar-refractivity contribution >= 4 is 23.8 Å². The van der Waals surface area contributed by atoms with Crippen LogP contribution in [0.15, 0.2) is 0 Å². The fourth-order valence-electron chi connectivity index (χ4n) is 6.02. The number of esters is 1. The highest BCUT2D eigenvalue weighted by molar-refractivity contribution is 5.76. The van der Waals surface area contributed by atoms with Crippen LogP contribution in [0, 0.1) is 0 Å². The molecule has 0 aliphatic carbocycles. The Balaban J connectivity index is 1.98. The number of aliphatic carboxylic acids is 1. The topological polar surface area (TPSA) is 339 Å². The molecule has 3 heterocycles. The Morgan fingerprint density at radius 1 is 0.860 bits per heavy atom. The average Bonchev–Trinajstić information content (AvgIpc) is 3.04. The zero-order valence-corrected chi connectivity index (χ0v) is 27.5. The number of nitrogens with one attached hydrogen (secondary N) is 2. The normalized spacial score (nSPS) is 40.3. The van der Waals surface area contributed by atoms with Gasteiger partial charge >= 0.3 is 11.9 Å². The number of methoxy groups -OCH3 is 1. The molecular formula is C28H46N2O20. The van der Waals surface area contributed by atoms with Crippen LogP contribution in [0.2, 0.25) is 0 Å². The van der Waals surface area contributed by atoms with E-state index in [-0.39, 0.29) is 0 Å². The summed E-state index contributed by atoms with van der Waals surface area (Å²) >= 11 is 0. The highest BCUT2D eigenvalue weighted by Gasteiger charge is 2.60. The van der Waals surface area contributed by atoms with Gasteiger partial charge in [-0.1, -0.05) is 0 Å². The first kappa shape index (κ1) is 41.7. The molecule has 22 heteroatoms. The van der Waals surface area contributed by atoms with E-state index in [4.69, 9.17) is 28.4 Å². The van der Waals surface area contributed by atoms with Gasteiger partial charge in [0.05, 0.1) is 25.4 Å². The predicted octanol–water partition coefficient (Wildman–Crippen LogP) is -6.85. The van der Waals surface area contributed by atoms with Crippen LogP contribution in [-0.4, -0.2) is 194 Å². The zero-order chi connectivity index (χ0) is 37.7. The predicted molar refractivity (Wildman–Crippen MR) is 156 cm³/mol. The fourth-order valence-corrected chi connectivity index (χ4v) is 6.02. The lowest BCUT2D eigenvalue weighted by Crippen LogP contribution is -2.71. The summed E-state index contributed by atoms with van der Waals surface area (Å²) in [6, 6.07) is -2.85. The van der Waals surface area contributed by atoms with Gasteiger partial charge in [0.2, 0.25) is 11.8 Å². The number of hydrogen-bond acceptors (Lipinski definition) is 19. The molecule has 50 heavy (non-hydrogen) atoms. The van der Waals surface area contributed by atoms with E-state index in [0.717, 1.165) is 20.8 Å².